The number of aliphatic carboxylic acids is 1. The number of carbonyl (C=O) groups is 2. The number of hydrogen-bond acceptors (Lipinski definition) is 5. The number of likely N-dealkylation sites (N-methyl/N-ethyl adjacent to an activating group) is 1. The minimum absolute atomic E-state index is 0.0141. The number of furan rings is 1. The average Bonchev–Trinajstić information content (AvgIpc) is 2.83. The number of fused-ring (bicyclic) bond motifs is 1. The van der Waals surface area contributed by atoms with Gasteiger partial charge in [-0.1, -0.05) is 18.2 Å². The maximum Gasteiger partial charge on any atom is 0.317 e. The number of benzene rings is 1. The molecular weight excluding hydrogens is 348 g/mol. The van der Waals surface area contributed by atoms with Crippen LogP contribution in [0.25, 0.3) is 11.0 Å². The molecule has 0 radical (unpaired) electrons. The van der Waals surface area contributed by atoms with Crippen LogP contribution in [-0.2, 0) is 16.1 Å². The summed E-state index contributed by atoms with van der Waals surface area (Å²) < 4.78 is 11.2. The molecule has 0 saturated carbocycles. The number of amides is 1. The van der Waals surface area contributed by atoms with Crippen molar-refractivity contribution in [3.63, 3.8) is 0 Å². The Hall–Kier alpha value is -2.38. The van der Waals surface area contributed by atoms with Crippen molar-refractivity contribution in [1.82, 2.24) is 9.80 Å². The quantitative estimate of drug-likeness (QED) is 0.837. The number of carboxylic acid groups (broad SMARTS) is 1. The Morgan fingerprint density at radius 1 is 1.30 bits per heavy atom. The Kier molecular flexibility index (Phi) is 6.13. The molecule has 1 fully saturated rings. The van der Waals surface area contributed by atoms with Crippen LogP contribution >= 0.6 is 0 Å². The van der Waals surface area contributed by atoms with Crippen LogP contribution < -0.4 is 0 Å². The molecule has 7 nitrogen and oxygen atoms in total. The number of methoxy groups -OCH3 is 1. The van der Waals surface area contributed by atoms with E-state index in [0.29, 0.717) is 31.0 Å². The Morgan fingerprint density at radius 2 is 2.07 bits per heavy atom. The smallest absolute Gasteiger partial charge is 0.317 e. The number of nitrogens with zero attached hydrogens (tertiary/aromatic N) is 2. The summed E-state index contributed by atoms with van der Waals surface area (Å²) in [5.41, 5.74) is 1.46. The van der Waals surface area contributed by atoms with Crippen molar-refractivity contribution in [1.29, 1.82) is 0 Å². The predicted octanol–water partition coefficient (Wildman–Crippen LogP) is 2.59. The van der Waals surface area contributed by atoms with Crippen molar-refractivity contribution < 1.29 is 23.8 Å². The molecule has 1 aromatic carbocycles. The molecule has 2 heterocycles. The van der Waals surface area contributed by atoms with Crippen LogP contribution in [0, 0.1) is 0 Å². The van der Waals surface area contributed by atoms with Gasteiger partial charge in [0.05, 0.1) is 13.2 Å². The van der Waals surface area contributed by atoms with Crippen LogP contribution in [0.5, 0.6) is 0 Å². The van der Waals surface area contributed by atoms with Gasteiger partial charge in [0, 0.05) is 37.2 Å². The van der Waals surface area contributed by atoms with Crippen molar-refractivity contribution in [2.45, 2.75) is 31.9 Å². The molecule has 1 unspecified atom stereocenters. The highest BCUT2D eigenvalue weighted by Gasteiger charge is 2.28. The highest BCUT2D eigenvalue weighted by atomic mass is 16.5. The van der Waals surface area contributed by atoms with Crippen molar-refractivity contribution in [2.24, 2.45) is 0 Å². The largest absolute Gasteiger partial charge is 0.480 e. The van der Waals surface area contributed by atoms with Gasteiger partial charge in [-0.15, -0.1) is 0 Å². The Morgan fingerprint density at radius 3 is 2.81 bits per heavy atom. The number of hydrogen-bond donors (Lipinski definition) is 1. The minimum atomic E-state index is -0.832. The van der Waals surface area contributed by atoms with E-state index in [-0.39, 0.29) is 18.5 Å². The highest BCUT2D eigenvalue weighted by molar-refractivity contribution is 5.99. The standard InChI is InChI=1S/C20H26N2O5/c1-21(12-18(23)24)14-6-5-10-22(11-9-14)20(25)19-16(13-26-2)15-7-3-4-8-17(15)27-19/h3-4,7-8,14H,5-6,9-13H2,1-2H3,(H,23,24). The van der Waals surface area contributed by atoms with E-state index in [9.17, 15) is 9.59 Å². The Balaban J connectivity index is 1.77. The van der Waals surface area contributed by atoms with Crippen LogP contribution in [0.15, 0.2) is 28.7 Å². The van der Waals surface area contributed by atoms with E-state index in [0.717, 1.165) is 30.2 Å². The van der Waals surface area contributed by atoms with Gasteiger partial charge < -0.3 is 19.2 Å². The van der Waals surface area contributed by atoms with Crippen LogP contribution in [0.1, 0.15) is 35.4 Å². The van der Waals surface area contributed by atoms with Crippen LogP contribution in [0.2, 0.25) is 0 Å². The first-order valence-electron chi connectivity index (χ1n) is 9.22. The van der Waals surface area contributed by atoms with Gasteiger partial charge in [0.25, 0.3) is 5.91 Å². The lowest BCUT2D eigenvalue weighted by Crippen LogP contribution is -2.37. The lowest BCUT2D eigenvalue weighted by atomic mass is 10.1. The maximum absolute atomic E-state index is 13.1. The van der Waals surface area contributed by atoms with Gasteiger partial charge in [0.1, 0.15) is 5.58 Å². The molecule has 0 bridgehead atoms. The Bertz CT molecular complexity index is 816. The fraction of sp³-hybridized carbons (Fsp3) is 0.500. The van der Waals surface area contributed by atoms with Crippen molar-refractivity contribution in [3.8, 4) is 0 Å². The predicted molar refractivity (Wildman–Crippen MR) is 101 cm³/mol. The zero-order valence-electron chi connectivity index (χ0n) is 15.8. The minimum Gasteiger partial charge on any atom is -0.480 e. The van der Waals surface area contributed by atoms with Gasteiger partial charge in [-0.25, -0.2) is 0 Å². The number of carbonyl (C=O) groups excluding carboxylic acids is 1. The molecule has 0 aliphatic carbocycles. The zero-order valence-corrected chi connectivity index (χ0v) is 15.8. The van der Waals surface area contributed by atoms with Crippen molar-refractivity contribution in [2.75, 3.05) is 33.8 Å². The molecule has 7 heteroatoms. The normalized spacial score (nSPS) is 18.0. The molecule has 27 heavy (non-hydrogen) atoms. The molecule has 1 aliphatic rings. The van der Waals surface area contributed by atoms with Crippen LogP contribution in [0.4, 0.5) is 0 Å². The molecule has 3 rings (SSSR count). The molecule has 1 aromatic heterocycles. The second kappa shape index (κ2) is 8.54. The lowest BCUT2D eigenvalue weighted by Gasteiger charge is -2.25. The van der Waals surface area contributed by atoms with E-state index >= 15 is 0 Å². The molecule has 1 N–H and O–H groups in total. The SMILES string of the molecule is COCc1c(C(=O)N2CCCC(N(C)CC(=O)O)CC2)oc2ccccc12. The number of rotatable bonds is 6. The number of ether oxygens (including phenoxy) is 1. The van der Waals surface area contributed by atoms with Crippen molar-refractivity contribution >= 4 is 22.8 Å². The fourth-order valence-electron chi connectivity index (χ4n) is 3.77. The molecule has 1 saturated heterocycles. The molecule has 0 spiro atoms. The van der Waals surface area contributed by atoms with E-state index in [1.54, 1.807) is 7.11 Å². The summed E-state index contributed by atoms with van der Waals surface area (Å²) in [5.74, 6) is -0.614. The first kappa shape index (κ1) is 19.4. The summed E-state index contributed by atoms with van der Waals surface area (Å²) in [6, 6.07) is 7.74. The topological polar surface area (TPSA) is 83.2 Å². The molecule has 1 atom stereocenters. The number of likely N-dealkylation sites (tertiary alicyclic amines) is 1. The second-order valence-electron chi connectivity index (χ2n) is 7.02. The van der Waals surface area contributed by atoms with E-state index in [2.05, 4.69) is 0 Å². The average molecular weight is 374 g/mol. The summed E-state index contributed by atoms with van der Waals surface area (Å²) in [7, 11) is 3.43. The van der Waals surface area contributed by atoms with Crippen molar-refractivity contribution in [3.05, 3.63) is 35.6 Å². The van der Waals surface area contributed by atoms with Gasteiger partial charge in [-0.05, 0) is 32.4 Å². The molecule has 1 aliphatic heterocycles. The molecule has 146 valence electrons. The Labute approximate surface area is 158 Å². The van der Waals surface area contributed by atoms with E-state index in [4.69, 9.17) is 14.3 Å². The summed E-state index contributed by atoms with van der Waals surface area (Å²) in [6.45, 7) is 1.55. The van der Waals surface area contributed by atoms with Crippen LogP contribution in [0.3, 0.4) is 0 Å². The van der Waals surface area contributed by atoms with Gasteiger partial charge in [-0.3, -0.25) is 14.5 Å². The van der Waals surface area contributed by atoms with Gasteiger partial charge in [0.15, 0.2) is 5.76 Å². The second-order valence-corrected chi connectivity index (χ2v) is 7.02. The first-order chi connectivity index (χ1) is 13.0. The lowest BCUT2D eigenvalue weighted by molar-refractivity contribution is -0.138. The summed E-state index contributed by atoms with van der Waals surface area (Å²) in [4.78, 5) is 27.8. The summed E-state index contributed by atoms with van der Waals surface area (Å²) >= 11 is 0. The third-order valence-corrected chi connectivity index (χ3v) is 5.17. The summed E-state index contributed by atoms with van der Waals surface area (Å²) in [6.07, 6.45) is 2.45. The number of para-hydroxylation sites is 1. The van der Waals surface area contributed by atoms with E-state index in [1.165, 1.54) is 0 Å². The van der Waals surface area contributed by atoms with Crippen LogP contribution in [-0.4, -0.2) is 66.6 Å². The van der Waals surface area contributed by atoms with E-state index in [1.807, 2.05) is 41.1 Å². The summed E-state index contributed by atoms with van der Waals surface area (Å²) in [5, 5.41) is 9.89. The highest BCUT2D eigenvalue weighted by Crippen LogP contribution is 2.28. The third kappa shape index (κ3) is 4.31. The monoisotopic (exact) mass is 374 g/mol. The van der Waals surface area contributed by atoms with E-state index < -0.39 is 5.97 Å². The third-order valence-electron chi connectivity index (χ3n) is 5.17. The molecular formula is C20H26N2O5. The fourth-order valence-corrected chi connectivity index (χ4v) is 3.77. The maximum atomic E-state index is 13.1. The zero-order chi connectivity index (χ0) is 19.4. The van der Waals surface area contributed by atoms with Gasteiger partial charge in [0.2, 0.25) is 0 Å². The first-order valence-corrected chi connectivity index (χ1v) is 9.22. The van der Waals surface area contributed by atoms with Gasteiger partial charge >= 0.3 is 5.97 Å². The molecule has 1 amide bonds. The molecule has 2 aromatic rings. The van der Waals surface area contributed by atoms with Gasteiger partial charge in [-0.2, -0.15) is 0 Å². The number of carboxylic acids is 1.